The van der Waals surface area contributed by atoms with Crippen LogP contribution in [0.25, 0.3) is 0 Å². The van der Waals surface area contributed by atoms with E-state index < -0.39 is 4.92 Å². The zero-order chi connectivity index (χ0) is 11.4. The first kappa shape index (κ1) is 12.6. The maximum atomic E-state index is 10.5. The molecular formula is C7H9Cl2N3O2S. The third kappa shape index (κ3) is 3.25. The van der Waals surface area contributed by atoms with Crippen molar-refractivity contribution in [1.82, 2.24) is 4.42 Å². The Morgan fingerprint density at radius 1 is 1.80 bits per heavy atom. The SMILES string of the molecule is CCCSC1N=C(Cl)C([N+](=O)[O-])=CN1Cl. The van der Waals surface area contributed by atoms with Crippen molar-refractivity contribution >= 4 is 40.3 Å². The lowest BCUT2D eigenvalue weighted by Crippen LogP contribution is -2.26. The Hall–Kier alpha value is -0.460. The van der Waals surface area contributed by atoms with Crippen LogP contribution >= 0.6 is 35.1 Å². The lowest BCUT2D eigenvalue weighted by Gasteiger charge is -2.22. The second-order valence-electron chi connectivity index (χ2n) is 2.73. The number of thioether (sulfide) groups is 1. The van der Waals surface area contributed by atoms with Crippen LogP contribution in [0.1, 0.15) is 13.3 Å². The van der Waals surface area contributed by atoms with E-state index in [1.807, 2.05) is 6.92 Å². The first-order chi connectivity index (χ1) is 7.06. The molecule has 0 aromatic rings. The average Bonchev–Trinajstić information content (AvgIpc) is 2.18. The predicted molar refractivity (Wildman–Crippen MR) is 62.6 cm³/mol. The van der Waals surface area contributed by atoms with Crippen molar-refractivity contribution in [3.8, 4) is 0 Å². The second kappa shape index (κ2) is 5.58. The van der Waals surface area contributed by atoms with Crippen molar-refractivity contribution in [3.05, 3.63) is 22.0 Å². The number of rotatable bonds is 4. The molecule has 1 atom stereocenters. The van der Waals surface area contributed by atoms with Crippen molar-refractivity contribution in [2.24, 2.45) is 4.99 Å². The van der Waals surface area contributed by atoms with Gasteiger partial charge in [-0.2, -0.15) is 0 Å². The van der Waals surface area contributed by atoms with E-state index in [0.29, 0.717) is 0 Å². The average molecular weight is 270 g/mol. The van der Waals surface area contributed by atoms with Gasteiger partial charge >= 0.3 is 5.70 Å². The molecule has 1 heterocycles. The molecule has 0 saturated heterocycles. The molecule has 1 unspecified atom stereocenters. The number of nitro groups is 1. The highest BCUT2D eigenvalue weighted by Gasteiger charge is 2.28. The van der Waals surface area contributed by atoms with Crippen LogP contribution in [0.15, 0.2) is 16.9 Å². The molecule has 0 aliphatic carbocycles. The highest BCUT2D eigenvalue weighted by Crippen LogP contribution is 2.27. The molecule has 1 aliphatic heterocycles. The van der Waals surface area contributed by atoms with Crippen molar-refractivity contribution < 1.29 is 4.92 Å². The number of hydrogen-bond donors (Lipinski definition) is 0. The van der Waals surface area contributed by atoms with Gasteiger partial charge in [-0.3, -0.25) is 14.5 Å². The Balaban J connectivity index is 2.74. The van der Waals surface area contributed by atoms with Gasteiger partial charge in [0.15, 0.2) is 5.50 Å². The van der Waals surface area contributed by atoms with Gasteiger partial charge in [0.2, 0.25) is 5.17 Å². The Morgan fingerprint density at radius 3 is 3.00 bits per heavy atom. The van der Waals surface area contributed by atoms with Crippen LogP contribution in [-0.2, 0) is 0 Å². The minimum Gasteiger partial charge on any atom is -0.258 e. The molecule has 0 aromatic heterocycles. The topological polar surface area (TPSA) is 58.7 Å². The first-order valence-electron chi connectivity index (χ1n) is 4.22. The molecule has 0 aromatic carbocycles. The summed E-state index contributed by atoms with van der Waals surface area (Å²) in [6.07, 6.45) is 2.16. The van der Waals surface area contributed by atoms with Crippen LogP contribution in [0.4, 0.5) is 0 Å². The minimum atomic E-state index is -0.609. The van der Waals surface area contributed by atoms with Gasteiger partial charge in [-0.05, 0) is 12.2 Å². The Kier molecular flexibility index (Phi) is 4.69. The fourth-order valence-electron chi connectivity index (χ4n) is 0.906. The predicted octanol–water partition coefficient (Wildman–Crippen LogP) is 2.64. The van der Waals surface area contributed by atoms with Gasteiger partial charge in [0.05, 0.1) is 4.92 Å². The summed E-state index contributed by atoms with van der Waals surface area (Å²) < 4.78 is 1.17. The molecule has 0 fully saturated rings. The van der Waals surface area contributed by atoms with E-state index in [1.54, 1.807) is 0 Å². The summed E-state index contributed by atoms with van der Waals surface area (Å²) in [6.45, 7) is 2.03. The van der Waals surface area contributed by atoms with Crippen molar-refractivity contribution in [2.45, 2.75) is 18.8 Å². The van der Waals surface area contributed by atoms with Crippen molar-refractivity contribution in [3.63, 3.8) is 0 Å². The second-order valence-corrected chi connectivity index (χ2v) is 4.64. The standard InChI is InChI=1S/C7H9Cl2N3O2S/c1-2-3-15-7-10-6(8)5(12(13)14)4-11(7)9/h4,7H,2-3H2,1H3. The van der Waals surface area contributed by atoms with Gasteiger partial charge in [-0.1, -0.05) is 18.5 Å². The summed E-state index contributed by atoms with van der Waals surface area (Å²) >= 11 is 12.9. The lowest BCUT2D eigenvalue weighted by atomic mass is 10.5. The van der Waals surface area contributed by atoms with Gasteiger partial charge in [0.25, 0.3) is 0 Å². The molecule has 84 valence electrons. The van der Waals surface area contributed by atoms with Crippen LogP contribution < -0.4 is 0 Å². The van der Waals surface area contributed by atoms with Crippen molar-refractivity contribution in [2.75, 3.05) is 5.75 Å². The number of hydrogen-bond acceptors (Lipinski definition) is 5. The van der Waals surface area contributed by atoms with Gasteiger partial charge in [0, 0.05) is 11.8 Å². The van der Waals surface area contributed by atoms with Gasteiger partial charge in [0.1, 0.15) is 6.20 Å². The van der Waals surface area contributed by atoms with E-state index in [1.165, 1.54) is 22.4 Å². The molecule has 0 radical (unpaired) electrons. The fraction of sp³-hybridized carbons (Fsp3) is 0.571. The number of nitrogens with zero attached hydrogens (tertiary/aromatic N) is 3. The molecule has 0 saturated carbocycles. The summed E-state index contributed by atoms with van der Waals surface area (Å²) in [4.78, 5) is 13.8. The zero-order valence-corrected chi connectivity index (χ0v) is 10.2. The molecular weight excluding hydrogens is 261 g/mol. The summed E-state index contributed by atoms with van der Waals surface area (Å²) in [7, 11) is 0. The molecule has 0 spiro atoms. The monoisotopic (exact) mass is 269 g/mol. The molecule has 0 N–H and O–H groups in total. The molecule has 8 heteroatoms. The molecule has 0 amide bonds. The van der Waals surface area contributed by atoms with E-state index >= 15 is 0 Å². The minimum absolute atomic E-state index is 0.106. The third-order valence-electron chi connectivity index (χ3n) is 1.56. The molecule has 15 heavy (non-hydrogen) atoms. The molecule has 0 bridgehead atoms. The fourth-order valence-corrected chi connectivity index (χ4v) is 2.31. The molecule has 5 nitrogen and oxygen atoms in total. The Bertz CT molecular complexity index is 321. The maximum absolute atomic E-state index is 10.5. The first-order valence-corrected chi connectivity index (χ1v) is 5.98. The zero-order valence-electron chi connectivity index (χ0n) is 7.89. The quantitative estimate of drug-likeness (QED) is 0.447. The summed E-state index contributed by atoms with van der Waals surface area (Å²) in [5.74, 6) is 0.864. The summed E-state index contributed by atoms with van der Waals surface area (Å²) in [5, 5.41) is 10.4. The maximum Gasteiger partial charge on any atom is 0.323 e. The number of halogens is 2. The van der Waals surface area contributed by atoms with E-state index in [0.717, 1.165) is 12.2 Å². The number of aliphatic imine (C=N–C) groups is 1. The third-order valence-corrected chi connectivity index (χ3v) is 3.52. The highest BCUT2D eigenvalue weighted by molar-refractivity contribution is 7.99. The van der Waals surface area contributed by atoms with Crippen molar-refractivity contribution in [1.29, 1.82) is 0 Å². The summed E-state index contributed by atoms with van der Waals surface area (Å²) in [5.41, 5.74) is -0.664. The normalized spacial score (nSPS) is 21.0. The molecule has 1 aliphatic rings. The van der Waals surface area contributed by atoms with Crippen LogP contribution in [-0.4, -0.2) is 25.8 Å². The van der Waals surface area contributed by atoms with E-state index in [2.05, 4.69) is 4.99 Å². The highest BCUT2D eigenvalue weighted by atomic mass is 35.5. The smallest absolute Gasteiger partial charge is 0.258 e. The van der Waals surface area contributed by atoms with Crippen LogP contribution in [0.2, 0.25) is 0 Å². The summed E-state index contributed by atoms with van der Waals surface area (Å²) in [6, 6.07) is 0. The van der Waals surface area contributed by atoms with E-state index in [9.17, 15) is 10.1 Å². The number of allylic oxidation sites excluding steroid dienone is 1. The lowest BCUT2D eigenvalue weighted by molar-refractivity contribution is -0.415. The molecule has 1 rings (SSSR count). The van der Waals surface area contributed by atoms with E-state index in [-0.39, 0.29) is 16.4 Å². The Labute approximate surface area is 101 Å². The van der Waals surface area contributed by atoms with Crippen LogP contribution in [0.5, 0.6) is 0 Å². The van der Waals surface area contributed by atoms with Gasteiger partial charge < -0.3 is 0 Å². The van der Waals surface area contributed by atoms with Gasteiger partial charge in [-0.15, -0.1) is 11.8 Å². The van der Waals surface area contributed by atoms with Crippen LogP contribution in [0, 0.1) is 10.1 Å². The van der Waals surface area contributed by atoms with Crippen LogP contribution in [0.3, 0.4) is 0 Å². The Morgan fingerprint density at radius 2 is 2.47 bits per heavy atom. The van der Waals surface area contributed by atoms with Gasteiger partial charge in [-0.25, -0.2) is 4.99 Å². The van der Waals surface area contributed by atoms with E-state index in [4.69, 9.17) is 23.4 Å². The largest absolute Gasteiger partial charge is 0.323 e.